The molecule has 0 aliphatic carbocycles. The number of hydrogen-bond acceptors (Lipinski definition) is 3. The van der Waals surface area contributed by atoms with E-state index in [4.69, 9.17) is 23.2 Å². The van der Waals surface area contributed by atoms with E-state index in [0.717, 1.165) is 17.8 Å². The number of rotatable bonds is 5. The van der Waals surface area contributed by atoms with Gasteiger partial charge in [-0.1, -0.05) is 29.3 Å². The van der Waals surface area contributed by atoms with E-state index in [-0.39, 0.29) is 17.0 Å². The first-order chi connectivity index (χ1) is 9.88. The van der Waals surface area contributed by atoms with Crippen LogP contribution in [0.1, 0.15) is 5.56 Å². The van der Waals surface area contributed by atoms with Crippen LogP contribution in [0, 0.1) is 0 Å². The van der Waals surface area contributed by atoms with Gasteiger partial charge >= 0.3 is 0 Å². The standard InChI is InChI=1S/C13H12Cl2N2O3S/c14-10-2-1-9(12(15)7-10)5-6-17-21(19,20)11-3-4-13(18)16-8-11/h1-4,7-8,17H,5-6H2,(H,16,18). The zero-order valence-electron chi connectivity index (χ0n) is 10.8. The molecule has 2 rings (SSSR count). The molecule has 2 N–H and O–H groups in total. The Morgan fingerprint density at radius 2 is 1.90 bits per heavy atom. The largest absolute Gasteiger partial charge is 0.328 e. The molecule has 0 spiro atoms. The first kappa shape index (κ1) is 16.0. The van der Waals surface area contributed by atoms with E-state index < -0.39 is 10.0 Å². The Kier molecular flexibility index (Phi) is 5.05. The average Bonchev–Trinajstić information content (AvgIpc) is 2.41. The van der Waals surface area contributed by atoms with E-state index in [1.165, 1.54) is 6.07 Å². The normalized spacial score (nSPS) is 11.5. The first-order valence-corrected chi connectivity index (χ1v) is 8.25. The summed E-state index contributed by atoms with van der Waals surface area (Å²) in [5.74, 6) is 0. The molecule has 0 saturated heterocycles. The quantitative estimate of drug-likeness (QED) is 0.870. The van der Waals surface area contributed by atoms with Gasteiger partial charge in [0.2, 0.25) is 15.6 Å². The van der Waals surface area contributed by atoms with Crippen molar-refractivity contribution in [2.24, 2.45) is 0 Å². The van der Waals surface area contributed by atoms with Crippen LogP contribution in [-0.2, 0) is 16.4 Å². The van der Waals surface area contributed by atoms with E-state index in [1.54, 1.807) is 18.2 Å². The van der Waals surface area contributed by atoms with Crippen LogP contribution in [0.15, 0.2) is 46.2 Å². The number of pyridine rings is 1. The molecule has 0 atom stereocenters. The van der Waals surface area contributed by atoms with Gasteiger partial charge in [0.05, 0.1) is 4.90 Å². The lowest BCUT2D eigenvalue weighted by Crippen LogP contribution is -2.26. The minimum absolute atomic E-state index is 0.00398. The molecule has 8 heteroatoms. The first-order valence-electron chi connectivity index (χ1n) is 6.01. The summed E-state index contributed by atoms with van der Waals surface area (Å²) in [6.45, 7) is 0.183. The van der Waals surface area contributed by atoms with E-state index in [0.29, 0.717) is 16.5 Å². The maximum atomic E-state index is 12.0. The van der Waals surface area contributed by atoms with Crippen molar-refractivity contribution in [2.45, 2.75) is 11.3 Å². The van der Waals surface area contributed by atoms with Crippen molar-refractivity contribution in [1.82, 2.24) is 9.71 Å². The summed E-state index contributed by atoms with van der Waals surface area (Å²) >= 11 is 11.8. The van der Waals surface area contributed by atoms with Crippen molar-refractivity contribution < 1.29 is 8.42 Å². The SMILES string of the molecule is O=c1ccc(S(=O)(=O)NCCc2ccc(Cl)cc2Cl)c[nH]1. The Morgan fingerprint density at radius 1 is 1.14 bits per heavy atom. The second-order valence-electron chi connectivity index (χ2n) is 4.27. The lowest BCUT2D eigenvalue weighted by atomic mass is 10.1. The van der Waals surface area contributed by atoms with Crippen LogP contribution in [-0.4, -0.2) is 19.9 Å². The average molecular weight is 347 g/mol. The zero-order valence-corrected chi connectivity index (χ0v) is 13.1. The molecule has 112 valence electrons. The van der Waals surface area contributed by atoms with E-state index in [9.17, 15) is 13.2 Å². The highest BCUT2D eigenvalue weighted by Crippen LogP contribution is 2.21. The van der Waals surface area contributed by atoms with Gasteiger partial charge < -0.3 is 4.98 Å². The topological polar surface area (TPSA) is 79.0 Å². The molecule has 0 fully saturated rings. The predicted molar refractivity (Wildman–Crippen MR) is 82.4 cm³/mol. The molecule has 0 aliphatic heterocycles. The van der Waals surface area contributed by atoms with Crippen LogP contribution in [0.25, 0.3) is 0 Å². The van der Waals surface area contributed by atoms with E-state index >= 15 is 0 Å². The lowest BCUT2D eigenvalue weighted by Gasteiger charge is -2.08. The van der Waals surface area contributed by atoms with Crippen molar-refractivity contribution in [3.8, 4) is 0 Å². The Hall–Kier alpha value is -1.34. The van der Waals surface area contributed by atoms with Gasteiger partial charge in [0, 0.05) is 28.9 Å². The molecule has 0 unspecified atom stereocenters. The summed E-state index contributed by atoms with van der Waals surface area (Å²) in [5.41, 5.74) is 0.437. The minimum Gasteiger partial charge on any atom is -0.328 e. The second-order valence-corrected chi connectivity index (χ2v) is 6.88. The Labute approximate surface area is 132 Å². The van der Waals surface area contributed by atoms with Crippen molar-refractivity contribution in [2.75, 3.05) is 6.54 Å². The van der Waals surface area contributed by atoms with Gasteiger partial charge in [-0.25, -0.2) is 13.1 Å². The van der Waals surface area contributed by atoms with Crippen LogP contribution in [0.4, 0.5) is 0 Å². The van der Waals surface area contributed by atoms with Crippen molar-refractivity contribution >= 4 is 33.2 Å². The maximum absolute atomic E-state index is 12.0. The molecule has 1 heterocycles. The van der Waals surface area contributed by atoms with E-state index in [1.807, 2.05) is 0 Å². The summed E-state index contributed by atoms with van der Waals surface area (Å²) in [5, 5.41) is 1.02. The molecule has 2 aromatic rings. The summed E-state index contributed by atoms with van der Waals surface area (Å²) in [6, 6.07) is 7.45. The summed E-state index contributed by atoms with van der Waals surface area (Å²) in [4.78, 5) is 13.2. The molecule has 1 aromatic heterocycles. The molecule has 5 nitrogen and oxygen atoms in total. The van der Waals surface area contributed by atoms with Crippen LogP contribution in [0.5, 0.6) is 0 Å². The van der Waals surface area contributed by atoms with Crippen LogP contribution < -0.4 is 10.3 Å². The fraction of sp³-hybridized carbons (Fsp3) is 0.154. The Balaban J connectivity index is 2.02. The van der Waals surface area contributed by atoms with Crippen LogP contribution >= 0.6 is 23.2 Å². The minimum atomic E-state index is -3.66. The maximum Gasteiger partial charge on any atom is 0.247 e. The number of halogens is 2. The molecule has 0 aliphatic rings. The predicted octanol–water partition coefficient (Wildman–Crippen LogP) is 2.20. The zero-order chi connectivity index (χ0) is 15.5. The molecule has 0 amide bonds. The third-order valence-corrected chi connectivity index (χ3v) is 4.81. The number of H-pyrrole nitrogens is 1. The van der Waals surface area contributed by atoms with Gasteiger partial charge in [0.25, 0.3) is 0 Å². The highest BCUT2D eigenvalue weighted by Gasteiger charge is 2.13. The number of aromatic nitrogens is 1. The Morgan fingerprint density at radius 3 is 2.52 bits per heavy atom. The summed E-state index contributed by atoms with van der Waals surface area (Å²) < 4.78 is 26.4. The second kappa shape index (κ2) is 6.62. The number of sulfonamides is 1. The lowest BCUT2D eigenvalue weighted by molar-refractivity contribution is 0.581. The molecule has 0 saturated carbocycles. The fourth-order valence-corrected chi connectivity index (χ4v) is 3.19. The third-order valence-electron chi connectivity index (χ3n) is 2.77. The third kappa shape index (κ3) is 4.31. The number of aromatic amines is 1. The van der Waals surface area contributed by atoms with E-state index in [2.05, 4.69) is 9.71 Å². The monoisotopic (exact) mass is 346 g/mol. The van der Waals surface area contributed by atoms with Gasteiger partial charge in [0.1, 0.15) is 0 Å². The molecular weight excluding hydrogens is 335 g/mol. The van der Waals surface area contributed by atoms with Gasteiger partial charge in [-0.2, -0.15) is 0 Å². The summed E-state index contributed by atoms with van der Waals surface area (Å²) in [6.07, 6.45) is 1.58. The molecule has 0 radical (unpaired) electrons. The highest BCUT2D eigenvalue weighted by atomic mass is 35.5. The van der Waals surface area contributed by atoms with Gasteiger partial charge in [-0.05, 0) is 30.2 Å². The van der Waals surface area contributed by atoms with Crippen molar-refractivity contribution in [3.63, 3.8) is 0 Å². The summed E-state index contributed by atoms with van der Waals surface area (Å²) in [7, 11) is -3.66. The van der Waals surface area contributed by atoms with Crippen molar-refractivity contribution in [3.05, 3.63) is 62.5 Å². The molecule has 0 bridgehead atoms. The van der Waals surface area contributed by atoms with Gasteiger partial charge in [0.15, 0.2) is 0 Å². The number of hydrogen-bond donors (Lipinski definition) is 2. The van der Waals surface area contributed by atoms with Gasteiger partial charge in [-0.3, -0.25) is 4.79 Å². The highest BCUT2D eigenvalue weighted by molar-refractivity contribution is 7.89. The van der Waals surface area contributed by atoms with Crippen molar-refractivity contribution in [1.29, 1.82) is 0 Å². The molecular formula is C13H12Cl2N2O3S. The Bertz CT molecular complexity index is 783. The molecule has 1 aromatic carbocycles. The number of benzene rings is 1. The fourth-order valence-electron chi connectivity index (χ4n) is 1.69. The van der Waals surface area contributed by atoms with Crippen LogP contribution in [0.3, 0.4) is 0 Å². The van der Waals surface area contributed by atoms with Gasteiger partial charge in [-0.15, -0.1) is 0 Å². The van der Waals surface area contributed by atoms with Crippen LogP contribution in [0.2, 0.25) is 10.0 Å². The molecule has 21 heavy (non-hydrogen) atoms. The number of nitrogens with one attached hydrogen (secondary N) is 2. The smallest absolute Gasteiger partial charge is 0.247 e.